The molecule has 1 aliphatic heterocycles. The van der Waals surface area contributed by atoms with Crippen molar-refractivity contribution in [1.82, 2.24) is 9.55 Å². The second-order valence-electron chi connectivity index (χ2n) is 7.14. The number of hydrogen-bond acceptors (Lipinski definition) is 7. The van der Waals surface area contributed by atoms with Gasteiger partial charge in [-0.15, -0.1) is 13.2 Å². The van der Waals surface area contributed by atoms with E-state index >= 15 is 0 Å². The Morgan fingerprint density at radius 3 is 2.62 bits per heavy atom. The van der Waals surface area contributed by atoms with E-state index in [0.717, 1.165) is 16.9 Å². The summed E-state index contributed by atoms with van der Waals surface area (Å²) in [7, 11) is 0. The van der Waals surface area contributed by atoms with Gasteiger partial charge in [0.05, 0.1) is 12.3 Å². The molecule has 1 aromatic rings. The molecule has 26 heavy (non-hydrogen) atoms. The number of aromatic nitrogens is 2. The molecule has 146 valence electrons. The van der Waals surface area contributed by atoms with Gasteiger partial charge >= 0.3 is 5.69 Å². The van der Waals surface area contributed by atoms with Crippen LogP contribution in [0.3, 0.4) is 0 Å². The summed E-state index contributed by atoms with van der Waals surface area (Å²) in [6, 6.07) is 0. The number of carbonyl (C=O) groups is 1. The van der Waals surface area contributed by atoms with Crippen LogP contribution in [0, 0.1) is 0 Å². The van der Waals surface area contributed by atoms with E-state index in [1.807, 2.05) is 13.3 Å². The lowest BCUT2D eigenvalue weighted by Crippen LogP contribution is -2.38. The largest absolute Gasteiger partial charge is 0.479 e. The van der Waals surface area contributed by atoms with Crippen LogP contribution >= 0.6 is 6.89 Å². The molecule has 1 unspecified atom stereocenters. The van der Waals surface area contributed by atoms with Crippen LogP contribution in [0.1, 0.15) is 19.6 Å². The van der Waals surface area contributed by atoms with E-state index in [2.05, 4.69) is 11.3 Å². The van der Waals surface area contributed by atoms with Gasteiger partial charge in [-0.1, -0.05) is 0 Å². The number of carbonyl (C=O) groups excluding carboxylic acids is 1. The number of aliphatic hydroxyl groups excluding tert-OH is 2. The van der Waals surface area contributed by atoms with E-state index in [4.69, 9.17) is 9.47 Å². The predicted molar refractivity (Wildman–Crippen MR) is 98.8 cm³/mol. The summed E-state index contributed by atoms with van der Waals surface area (Å²) in [5.74, 6) is -0.549. The molecule has 1 saturated heterocycles. The third kappa shape index (κ3) is 4.94. The lowest BCUT2D eigenvalue weighted by Gasteiger charge is -2.19. The minimum Gasteiger partial charge on any atom is -0.479 e. The van der Waals surface area contributed by atoms with Gasteiger partial charge in [0.2, 0.25) is 5.75 Å². The first-order valence-electron chi connectivity index (χ1n) is 8.16. The van der Waals surface area contributed by atoms with Gasteiger partial charge in [0, 0.05) is 0 Å². The van der Waals surface area contributed by atoms with E-state index < -0.39 is 42.7 Å². The molecule has 9 nitrogen and oxygen atoms in total. The Hall–Kier alpha value is -1.67. The van der Waals surface area contributed by atoms with Gasteiger partial charge in [-0.3, -0.25) is 19.1 Å². The average Bonchev–Trinajstić information content (AvgIpc) is 2.79. The molecule has 2 heterocycles. The Kier molecular flexibility index (Phi) is 6.29. The van der Waals surface area contributed by atoms with Crippen LogP contribution in [-0.2, 0) is 9.53 Å². The summed E-state index contributed by atoms with van der Waals surface area (Å²) in [4.78, 5) is 37.0. The zero-order valence-electron chi connectivity index (χ0n) is 15.0. The van der Waals surface area contributed by atoms with E-state index in [-0.39, 0.29) is 18.1 Å². The van der Waals surface area contributed by atoms with Crippen molar-refractivity contribution in [3.63, 3.8) is 0 Å². The van der Waals surface area contributed by atoms with Gasteiger partial charge in [-0.25, -0.2) is 4.79 Å². The first kappa shape index (κ1) is 20.6. The Balaban J connectivity index is 2.25. The fourth-order valence-corrected chi connectivity index (χ4v) is 3.57. The van der Waals surface area contributed by atoms with Crippen LogP contribution in [0.25, 0.3) is 0 Å². The number of aromatic amines is 1. The maximum absolute atomic E-state index is 12.1. The van der Waals surface area contributed by atoms with Crippen molar-refractivity contribution < 1.29 is 24.5 Å². The summed E-state index contributed by atoms with van der Waals surface area (Å²) in [5, 5.41) is 20.5. The third-order valence-electron chi connectivity index (χ3n) is 4.00. The summed E-state index contributed by atoms with van der Waals surface area (Å²) in [6.45, 7) is 3.72. The number of ether oxygens (including phenoxy) is 2. The van der Waals surface area contributed by atoms with E-state index in [0.29, 0.717) is 6.42 Å². The highest BCUT2D eigenvalue weighted by atomic mass is 31.2. The number of aliphatic hydroxyl groups is 2. The highest BCUT2D eigenvalue weighted by Gasteiger charge is 2.44. The van der Waals surface area contributed by atoms with Crippen LogP contribution in [-0.4, -0.2) is 76.3 Å². The molecule has 1 aromatic heterocycles. The molecule has 0 amide bonds. The van der Waals surface area contributed by atoms with Gasteiger partial charge in [0.1, 0.15) is 18.8 Å². The van der Waals surface area contributed by atoms with Crippen molar-refractivity contribution >= 4 is 19.0 Å². The second-order valence-corrected chi connectivity index (χ2v) is 11.5. The quantitative estimate of drug-likeness (QED) is 0.523. The van der Waals surface area contributed by atoms with E-state index in [9.17, 15) is 24.6 Å². The molecule has 2 rings (SSSR count). The lowest BCUT2D eigenvalue weighted by atomic mass is 10.1. The van der Waals surface area contributed by atoms with Crippen LogP contribution in [0.4, 0.5) is 0 Å². The third-order valence-corrected chi connectivity index (χ3v) is 5.47. The van der Waals surface area contributed by atoms with Gasteiger partial charge in [0.15, 0.2) is 12.0 Å². The summed E-state index contributed by atoms with van der Waals surface area (Å²) in [6.07, 6.45) is 2.06. The standard InChI is InChI=1S/C16H25N2O7P/c1-9(19)8-24-11-7-18(16(23)17-14(11)22)15-13(21)12(20)10(25-15)5-6-26(2,3)4/h7,10,12-13,15,20-21H,2,5-6,8H2,1,3-4H3,(H,17,22,23)/t10-,12-,13?,15-/m1/s1. The predicted octanol–water partition coefficient (Wildman–Crippen LogP) is -0.777. The maximum atomic E-state index is 12.1. The minimum absolute atomic E-state index is 0.252. The average molecular weight is 388 g/mol. The van der Waals surface area contributed by atoms with Crippen LogP contribution in [0.15, 0.2) is 15.8 Å². The molecular weight excluding hydrogens is 363 g/mol. The molecule has 0 radical (unpaired) electrons. The molecule has 0 spiro atoms. The molecule has 10 heteroatoms. The van der Waals surface area contributed by atoms with Crippen molar-refractivity contribution in [1.29, 1.82) is 0 Å². The molecule has 0 saturated carbocycles. The first-order valence-corrected chi connectivity index (χ1v) is 11.2. The molecule has 0 aromatic carbocycles. The van der Waals surface area contributed by atoms with E-state index in [1.165, 1.54) is 6.92 Å². The summed E-state index contributed by atoms with van der Waals surface area (Å²) in [5.41, 5.74) is -1.60. The smallest absolute Gasteiger partial charge is 0.330 e. The van der Waals surface area contributed by atoms with Crippen LogP contribution < -0.4 is 16.0 Å². The molecule has 1 fully saturated rings. The molecule has 0 aliphatic carbocycles. The Morgan fingerprint density at radius 1 is 1.38 bits per heavy atom. The van der Waals surface area contributed by atoms with Crippen molar-refractivity contribution in [2.75, 3.05) is 26.1 Å². The number of H-pyrrole nitrogens is 1. The topological polar surface area (TPSA) is 131 Å². The fourth-order valence-electron chi connectivity index (χ4n) is 2.61. The van der Waals surface area contributed by atoms with Gasteiger partial charge in [-0.05, 0) is 32.8 Å². The Bertz CT molecular complexity index is 825. The van der Waals surface area contributed by atoms with Crippen molar-refractivity contribution in [3.8, 4) is 5.75 Å². The Morgan fingerprint density at radius 2 is 2.04 bits per heavy atom. The number of ketones is 1. The van der Waals surface area contributed by atoms with Crippen LogP contribution in [0.2, 0.25) is 0 Å². The van der Waals surface area contributed by atoms with Gasteiger partial charge in [-0.2, -0.15) is 0 Å². The number of rotatable bonds is 7. The van der Waals surface area contributed by atoms with Crippen LogP contribution in [0.5, 0.6) is 5.75 Å². The molecule has 4 atom stereocenters. The maximum Gasteiger partial charge on any atom is 0.330 e. The molecular formula is C16H25N2O7P. The molecule has 0 bridgehead atoms. The highest BCUT2D eigenvalue weighted by molar-refractivity contribution is 7.72. The SMILES string of the molecule is C=P(C)(C)CC[C@H]1O[C@@H](n2cc(OCC(C)=O)c(=O)[nH]c2=O)C(O)[C@@H]1O. The lowest BCUT2D eigenvalue weighted by molar-refractivity contribution is -0.118. The zero-order valence-corrected chi connectivity index (χ0v) is 15.9. The molecule has 3 N–H and O–H groups in total. The minimum atomic E-state index is -1.35. The number of nitrogens with zero attached hydrogens (tertiary/aromatic N) is 1. The number of nitrogens with one attached hydrogen (secondary N) is 1. The van der Waals surface area contributed by atoms with E-state index in [1.54, 1.807) is 0 Å². The Labute approximate surface area is 150 Å². The summed E-state index contributed by atoms with van der Waals surface area (Å²) < 4.78 is 11.7. The van der Waals surface area contributed by atoms with Crippen molar-refractivity contribution in [2.24, 2.45) is 0 Å². The zero-order chi connectivity index (χ0) is 19.6. The fraction of sp³-hybridized carbons (Fsp3) is 0.625. The second kappa shape index (κ2) is 7.92. The summed E-state index contributed by atoms with van der Waals surface area (Å²) >= 11 is 0. The number of Topliss-reactive ketones (excluding diaryl/α,β-unsaturated/α-hetero) is 1. The van der Waals surface area contributed by atoms with Gasteiger partial charge < -0.3 is 19.7 Å². The first-order chi connectivity index (χ1) is 12.0. The monoisotopic (exact) mass is 388 g/mol. The number of hydrogen-bond donors (Lipinski definition) is 3. The van der Waals surface area contributed by atoms with Gasteiger partial charge in [0.25, 0.3) is 5.56 Å². The highest BCUT2D eigenvalue weighted by Crippen LogP contribution is 2.39. The normalized spacial score (nSPS) is 26.0. The van der Waals surface area contributed by atoms with Crippen molar-refractivity contribution in [2.45, 2.75) is 37.9 Å². The molecule has 1 aliphatic rings. The van der Waals surface area contributed by atoms with Crippen molar-refractivity contribution in [3.05, 3.63) is 27.0 Å².